The lowest BCUT2D eigenvalue weighted by molar-refractivity contribution is -0.122. The van der Waals surface area contributed by atoms with Gasteiger partial charge in [0, 0.05) is 12.1 Å². The third-order valence-corrected chi connectivity index (χ3v) is 2.35. The average Bonchev–Trinajstić information content (AvgIpc) is 2.30. The molecule has 0 aliphatic heterocycles. The van der Waals surface area contributed by atoms with Crippen LogP contribution >= 0.6 is 0 Å². The van der Waals surface area contributed by atoms with Gasteiger partial charge in [0.25, 0.3) is 0 Å². The number of carbonyl (C=O) groups excluding carboxylic acids is 1. The number of phenolic OH excluding ortho intramolecular Hbond substituents is 1. The zero-order valence-electron chi connectivity index (χ0n) is 9.68. The number of hydrogen-bond donors (Lipinski definition) is 4. The monoisotopic (exact) mass is 239 g/mol. The van der Waals surface area contributed by atoms with E-state index in [9.17, 15) is 15.0 Å². The highest BCUT2D eigenvalue weighted by molar-refractivity contribution is 5.79. The van der Waals surface area contributed by atoms with Crippen molar-refractivity contribution < 1.29 is 20.1 Å². The molecule has 0 aliphatic carbocycles. The minimum atomic E-state index is -1.33. The van der Waals surface area contributed by atoms with Crippen molar-refractivity contribution in [3.63, 3.8) is 0 Å². The van der Waals surface area contributed by atoms with Gasteiger partial charge in [-0.25, -0.2) is 0 Å². The Kier molecular flexibility index (Phi) is 4.48. The summed E-state index contributed by atoms with van der Waals surface area (Å²) in [6, 6.07) is 6.56. The predicted octanol–water partition coefficient (Wildman–Crippen LogP) is -0.206. The Bertz CT molecular complexity index is 390. The summed E-state index contributed by atoms with van der Waals surface area (Å²) in [5.74, 6) is -0.253. The fraction of sp³-hybridized carbons (Fsp3) is 0.417. The van der Waals surface area contributed by atoms with Crippen molar-refractivity contribution in [2.45, 2.75) is 18.9 Å². The number of phenols is 1. The minimum absolute atomic E-state index is 0.0318. The van der Waals surface area contributed by atoms with Gasteiger partial charge in [-0.1, -0.05) is 18.2 Å². The summed E-state index contributed by atoms with van der Waals surface area (Å²) < 4.78 is 0. The number of carbonyl (C=O) groups is 1. The van der Waals surface area contributed by atoms with Crippen molar-refractivity contribution >= 4 is 5.91 Å². The molecule has 1 rings (SSSR count). The SMILES string of the molecule is CC(O)(CO)CNC(=O)Cc1ccccc1O. The lowest BCUT2D eigenvalue weighted by Gasteiger charge is -2.20. The first-order valence-electron chi connectivity index (χ1n) is 5.31. The molecule has 4 N–H and O–H groups in total. The number of amides is 1. The van der Waals surface area contributed by atoms with Gasteiger partial charge in [0.2, 0.25) is 5.91 Å². The Labute approximate surface area is 99.7 Å². The Hall–Kier alpha value is -1.59. The van der Waals surface area contributed by atoms with Crippen molar-refractivity contribution in [1.82, 2.24) is 5.32 Å². The topological polar surface area (TPSA) is 89.8 Å². The Morgan fingerprint density at radius 2 is 2.06 bits per heavy atom. The van der Waals surface area contributed by atoms with E-state index in [0.717, 1.165) is 0 Å². The molecule has 1 aromatic carbocycles. The number of hydrogen-bond acceptors (Lipinski definition) is 4. The van der Waals surface area contributed by atoms with Crippen LogP contribution < -0.4 is 5.32 Å². The summed E-state index contributed by atoms with van der Waals surface area (Å²) in [6.07, 6.45) is 0.0359. The summed E-state index contributed by atoms with van der Waals surface area (Å²) in [6.45, 7) is 0.965. The van der Waals surface area contributed by atoms with Crippen LogP contribution in [-0.4, -0.2) is 40.0 Å². The van der Waals surface area contributed by atoms with Crippen molar-refractivity contribution in [3.05, 3.63) is 29.8 Å². The largest absolute Gasteiger partial charge is 0.508 e. The van der Waals surface area contributed by atoms with Crippen LogP contribution in [0.25, 0.3) is 0 Å². The van der Waals surface area contributed by atoms with Gasteiger partial charge in [-0.3, -0.25) is 4.79 Å². The van der Waals surface area contributed by atoms with E-state index in [2.05, 4.69) is 5.32 Å². The molecule has 1 aromatic rings. The van der Waals surface area contributed by atoms with Crippen LogP contribution in [0.15, 0.2) is 24.3 Å². The molecule has 0 saturated carbocycles. The average molecular weight is 239 g/mol. The van der Waals surface area contributed by atoms with Crippen LogP contribution in [-0.2, 0) is 11.2 Å². The van der Waals surface area contributed by atoms with Crippen LogP contribution in [0.4, 0.5) is 0 Å². The standard InChI is InChI=1S/C12H17NO4/c1-12(17,8-14)7-13-11(16)6-9-4-2-3-5-10(9)15/h2-5,14-15,17H,6-8H2,1H3,(H,13,16). The van der Waals surface area contributed by atoms with E-state index in [4.69, 9.17) is 5.11 Å². The van der Waals surface area contributed by atoms with Gasteiger partial charge >= 0.3 is 0 Å². The van der Waals surface area contributed by atoms with Gasteiger partial charge < -0.3 is 20.6 Å². The van der Waals surface area contributed by atoms with Gasteiger partial charge in [-0.2, -0.15) is 0 Å². The maximum absolute atomic E-state index is 11.5. The summed E-state index contributed by atoms with van der Waals surface area (Å²) in [5.41, 5.74) is -0.803. The van der Waals surface area contributed by atoms with E-state index < -0.39 is 12.2 Å². The van der Waals surface area contributed by atoms with Crippen molar-refractivity contribution in [1.29, 1.82) is 0 Å². The van der Waals surface area contributed by atoms with Crippen molar-refractivity contribution in [3.8, 4) is 5.75 Å². The zero-order chi connectivity index (χ0) is 12.9. The van der Waals surface area contributed by atoms with Gasteiger partial charge in [0.15, 0.2) is 0 Å². The van der Waals surface area contributed by atoms with Crippen LogP contribution in [0.5, 0.6) is 5.75 Å². The molecule has 0 bridgehead atoms. The van der Waals surface area contributed by atoms with Crippen LogP contribution in [0.3, 0.4) is 0 Å². The van der Waals surface area contributed by atoms with Crippen molar-refractivity contribution in [2.24, 2.45) is 0 Å². The number of rotatable bonds is 5. The number of para-hydroxylation sites is 1. The Morgan fingerprint density at radius 1 is 1.41 bits per heavy atom. The Morgan fingerprint density at radius 3 is 2.65 bits per heavy atom. The summed E-state index contributed by atoms with van der Waals surface area (Å²) in [4.78, 5) is 11.5. The summed E-state index contributed by atoms with van der Waals surface area (Å²) in [7, 11) is 0. The van der Waals surface area contributed by atoms with E-state index >= 15 is 0 Å². The third kappa shape index (κ3) is 4.42. The highest BCUT2D eigenvalue weighted by atomic mass is 16.3. The lowest BCUT2D eigenvalue weighted by Crippen LogP contribution is -2.43. The van der Waals surface area contributed by atoms with Gasteiger partial charge in [0.05, 0.1) is 13.0 Å². The van der Waals surface area contributed by atoms with Gasteiger partial charge in [-0.15, -0.1) is 0 Å². The number of aliphatic hydroxyl groups excluding tert-OH is 1. The zero-order valence-corrected chi connectivity index (χ0v) is 9.68. The molecule has 0 fully saturated rings. The second kappa shape index (κ2) is 5.65. The molecular weight excluding hydrogens is 222 g/mol. The predicted molar refractivity (Wildman–Crippen MR) is 62.5 cm³/mol. The fourth-order valence-electron chi connectivity index (χ4n) is 1.24. The van der Waals surface area contributed by atoms with E-state index in [0.29, 0.717) is 5.56 Å². The molecular formula is C12H17NO4. The second-order valence-electron chi connectivity index (χ2n) is 4.24. The van der Waals surface area contributed by atoms with Gasteiger partial charge in [0.1, 0.15) is 11.4 Å². The molecule has 1 atom stereocenters. The highest BCUT2D eigenvalue weighted by Gasteiger charge is 2.19. The molecule has 5 heteroatoms. The molecule has 1 unspecified atom stereocenters. The van der Waals surface area contributed by atoms with Crippen LogP contribution in [0.1, 0.15) is 12.5 Å². The van der Waals surface area contributed by atoms with E-state index in [1.54, 1.807) is 18.2 Å². The first-order valence-corrected chi connectivity index (χ1v) is 5.31. The molecule has 0 aliphatic rings. The smallest absolute Gasteiger partial charge is 0.224 e. The third-order valence-electron chi connectivity index (χ3n) is 2.35. The quantitative estimate of drug-likeness (QED) is 0.572. The molecule has 1 amide bonds. The normalized spacial score (nSPS) is 14.1. The van der Waals surface area contributed by atoms with E-state index in [1.165, 1.54) is 13.0 Å². The minimum Gasteiger partial charge on any atom is -0.508 e. The van der Waals surface area contributed by atoms with Crippen LogP contribution in [0, 0.1) is 0 Å². The van der Waals surface area contributed by atoms with Gasteiger partial charge in [-0.05, 0) is 13.0 Å². The number of aliphatic hydroxyl groups is 2. The first kappa shape index (κ1) is 13.5. The number of aromatic hydroxyl groups is 1. The molecule has 17 heavy (non-hydrogen) atoms. The summed E-state index contributed by atoms with van der Waals surface area (Å²) >= 11 is 0. The fourth-order valence-corrected chi connectivity index (χ4v) is 1.24. The second-order valence-corrected chi connectivity index (χ2v) is 4.24. The maximum Gasteiger partial charge on any atom is 0.224 e. The Balaban J connectivity index is 2.48. The molecule has 0 aromatic heterocycles. The molecule has 0 heterocycles. The van der Waals surface area contributed by atoms with Crippen LogP contribution in [0.2, 0.25) is 0 Å². The summed E-state index contributed by atoms with van der Waals surface area (Å²) in [5, 5.41) is 30.2. The lowest BCUT2D eigenvalue weighted by atomic mass is 10.1. The van der Waals surface area contributed by atoms with E-state index in [-0.39, 0.29) is 24.6 Å². The molecule has 94 valence electrons. The molecule has 5 nitrogen and oxygen atoms in total. The van der Waals surface area contributed by atoms with Crippen molar-refractivity contribution in [2.75, 3.05) is 13.2 Å². The maximum atomic E-state index is 11.5. The molecule has 0 saturated heterocycles. The van der Waals surface area contributed by atoms with E-state index in [1.807, 2.05) is 0 Å². The first-order chi connectivity index (χ1) is 7.94. The molecule has 0 radical (unpaired) electrons. The molecule has 0 spiro atoms. The number of benzene rings is 1. The highest BCUT2D eigenvalue weighted by Crippen LogP contribution is 2.15. The number of nitrogens with one attached hydrogen (secondary N) is 1.